The Kier molecular flexibility index (Phi) is 5.69. The van der Waals surface area contributed by atoms with Crippen LogP contribution in [0.2, 0.25) is 0 Å². The smallest absolute Gasteiger partial charge is 0.253 e. The van der Waals surface area contributed by atoms with Crippen LogP contribution in [0.5, 0.6) is 0 Å². The minimum Gasteiger partial charge on any atom is -0.353 e. The van der Waals surface area contributed by atoms with Gasteiger partial charge in [0.25, 0.3) is 5.91 Å². The van der Waals surface area contributed by atoms with Crippen LogP contribution in [0.15, 0.2) is 18.2 Å². The summed E-state index contributed by atoms with van der Waals surface area (Å²) >= 11 is 0. The van der Waals surface area contributed by atoms with Crippen LogP contribution < -0.4 is 5.32 Å². The zero-order valence-corrected chi connectivity index (χ0v) is 13.4. The number of rotatable bonds is 4. The van der Waals surface area contributed by atoms with Crippen LogP contribution in [0, 0.1) is 17.6 Å². The minimum atomic E-state index is -1.03. The van der Waals surface area contributed by atoms with Gasteiger partial charge in [-0.2, -0.15) is 0 Å². The molecule has 4 nitrogen and oxygen atoms in total. The number of nitrogens with zero attached hydrogens (tertiary/aromatic N) is 1. The monoisotopic (exact) mass is 324 g/mol. The highest BCUT2D eigenvalue weighted by atomic mass is 19.2. The first-order valence-electron chi connectivity index (χ1n) is 7.97. The van der Waals surface area contributed by atoms with Gasteiger partial charge in [-0.25, -0.2) is 8.78 Å². The third-order valence-corrected chi connectivity index (χ3v) is 4.32. The van der Waals surface area contributed by atoms with Crippen LogP contribution in [0.4, 0.5) is 8.78 Å². The van der Waals surface area contributed by atoms with Crippen LogP contribution >= 0.6 is 0 Å². The van der Waals surface area contributed by atoms with Crippen LogP contribution in [-0.4, -0.2) is 35.8 Å². The number of hydrogen-bond acceptors (Lipinski definition) is 2. The summed E-state index contributed by atoms with van der Waals surface area (Å²) in [5.74, 6) is -2.40. The average Bonchev–Trinajstić information content (AvgIpc) is 2.56. The summed E-state index contributed by atoms with van der Waals surface area (Å²) < 4.78 is 26.2. The fourth-order valence-corrected chi connectivity index (χ4v) is 2.62. The normalized spacial score (nSPS) is 17.0. The van der Waals surface area contributed by atoms with Gasteiger partial charge in [0.1, 0.15) is 0 Å². The van der Waals surface area contributed by atoms with Gasteiger partial charge in [-0.3, -0.25) is 9.59 Å². The molecule has 1 aromatic rings. The molecule has 0 saturated carbocycles. The Balaban J connectivity index is 1.92. The third kappa shape index (κ3) is 4.27. The van der Waals surface area contributed by atoms with Crippen molar-refractivity contribution in [2.45, 2.75) is 39.2 Å². The van der Waals surface area contributed by atoms with Gasteiger partial charge in [0.2, 0.25) is 5.91 Å². The highest BCUT2D eigenvalue weighted by Gasteiger charge is 2.28. The highest BCUT2D eigenvalue weighted by Crippen LogP contribution is 2.20. The second kappa shape index (κ2) is 7.53. The van der Waals surface area contributed by atoms with Gasteiger partial charge in [-0.05, 0) is 44.4 Å². The Morgan fingerprint density at radius 3 is 2.48 bits per heavy atom. The lowest BCUT2D eigenvalue weighted by molar-refractivity contribution is -0.126. The van der Waals surface area contributed by atoms with Gasteiger partial charge in [-0.15, -0.1) is 0 Å². The van der Waals surface area contributed by atoms with Crippen LogP contribution in [0.25, 0.3) is 0 Å². The molecule has 1 saturated heterocycles. The van der Waals surface area contributed by atoms with E-state index in [9.17, 15) is 18.4 Å². The molecule has 1 unspecified atom stereocenters. The first-order valence-corrected chi connectivity index (χ1v) is 7.97. The maximum atomic E-state index is 13.2. The first-order chi connectivity index (χ1) is 10.9. The number of benzene rings is 1. The van der Waals surface area contributed by atoms with Crippen molar-refractivity contribution in [3.05, 3.63) is 35.4 Å². The summed E-state index contributed by atoms with van der Waals surface area (Å²) in [6.07, 6.45) is 2.04. The van der Waals surface area contributed by atoms with E-state index in [-0.39, 0.29) is 29.3 Å². The summed E-state index contributed by atoms with van der Waals surface area (Å²) in [7, 11) is 0. The van der Waals surface area contributed by atoms with Crippen molar-refractivity contribution in [3.63, 3.8) is 0 Å². The molecular weight excluding hydrogens is 302 g/mol. The molecule has 126 valence electrons. The maximum Gasteiger partial charge on any atom is 0.253 e. The topological polar surface area (TPSA) is 49.4 Å². The SMILES string of the molecule is CCC(C)NC(=O)C1CCN(C(=O)c2ccc(F)c(F)c2)CC1. The number of piperidine rings is 1. The molecule has 1 N–H and O–H groups in total. The van der Waals surface area contributed by atoms with E-state index in [1.165, 1.54) is 6.07 Å². The minimum absolute atomic E-state index is 0.0271. The lowest BCUT2D eigenvalue weighted by Gasteiger charge is -2.32. The Morgan fingerprint density at radius 2 is 1.91 bits per heavy atom. The maximum absolute atomic E-state index is 13.2. The van der Waals surface area contributed by atoms with Gasteiger partial charge in [0.15, 0.2) is 11.6 Å². The number of likely N-dealkylation sites (tertiary alicyclic amines) is 1. The number of carbonyl (C=O) groups is 2. The van der Waals surface area contributed by atoms with E-state index in [1.807, 2.05) is 13.8 Å². The summed E-state index contributed by atoms with van der Waals surface area (Å²) in [5, 5.41) is 2.96. The Hall–Kier alpha value is -1.98. The van der Waals surface area contributed by atoms with Gasteiger partial charge < -0.3 is 10.2 Å². The second-order valence-electron chi connectivity index (χ2n) is 6.01. The zero-order valence-electron chi connectivity index (χ0n) is 13.4. The predicted molar refractivity (Wildman–Crippen MR) is 82.9 cm³/mol. The van der Waals surface area contributed by atoms with Gasteiger partial charge in [0.05, 0.1) is 0 Å². The number of carbonyl (C=O) groups excluding carboxylic acids is 2. The average molecular weight is 324 g/mol. The standard InChI is InChI=1S/C17H22F2N2O2/c1-3-11(2)20-16(22)12-6-8-21(9-7-12)17(23)13-4-5-14(18)15(19)10-13/h4-5,10-12H,3,6-9H2,1-2H3,(H,20,22). The molecule has 0 aliphatic carbocycles. The number of halogens is 2. The van der Waals surface area contributed by atoms with Crippen molar-refractivity contribution >= 4 is 11.8 Å². The van der Waals surface area contributed by atoms with Gasteiger partial charge in [-0.1, -0.05) is 6.92 Å². The molecule has 1 aliphatic rings. The Labute approximate surface area is 134 Å². The highest BCUT2D eigenvalue weighted by molar-refractivity contribution is 5.94. The summed E-state index contributed by atoms with van der Waals surface area (Å²) in [5.41, 5.74) is 0.131. The van der Waals surface area contributed by atoms with E-state index in [4.69, 9.17) is 0 Å². The summed E-state index contributed by atoms with van der Waals surface area (Å²) in [6, 6.07) is 3.29. The molecule has 6 heteroatoms. The number of hydrogen-bond donors (Lipinski definition) is 1. The molecule has 0 radical (unpaired) electrons. The summed E-state index contributed by atoms with van der Waals surface area (Å²) in [6.45, 7) is 4.85. The van der Waals surface area contributed by atoms with Gasteiger partial charge in [0, 0.05) is 30.6 Å². The largest absolute Gasteiger partial charge is 0.353 e. The fraction of sp³-hybridized carbons (Fsp3) is 0.529. The molecule has 0 bridgehead atoms. The Bertz CT molecular complexity index is 584. The van der Waals surface area contributed by atoms with Crippen molar-refractivity contribution in [2.24, 2.45) is 5.92 Å². The molecule has 1 atom stereocenters. The lowest BCUT2D eigenvalue weighted by atomic mass is 9.95. The predicted octanol–water partition coefficient (Wildman–Crippen LogP) is 2.73. The van der Waals surface area contributed by atoms with E-state index < -0.39 is 11.6 Å². The molecule has 0 aromatic heterocycles. The molecule has 0 spiro atoms. The van der Waals surface area contributed by atoms with Gasteiger partial charge >= 0.3 is 0 Å². The molecule has 2 amide bonds. The fourth-order valence-electron chi connectivity index (χ4n) is 2.62. The number of nitrogens with one attached hydrogen (secondary N) is 1. The van der Waals surface area contributed by atoms with E-state index in [2.05, 4.69) is 5.32 Å². The van der Waals surface area contributed by atoms with E-state index in [0.29, 0.717) is 25.9 Å². The lowest BCUT2D eigenvalue weighted by Crippen LogP contribution is -2.44. The molecule has 23 heavy (non-hydrogen) atoms. The molecular formula is C17H22F2N2O2. The van der Waals surface area contributed by atoms with Crippen LogP contribution in [0.3, 0.4) is 0 Å². The molecule has 2 rings (SSSR count). The second-order valence-corrected chi connectivity index (χ2v) is 6.01. The van der Waals surface area contributed by atoms with Crippen molar-refractivity contribution in [3.8, 4) is 0 Å². The van der Waals surface area contributed by atoms with Crippen molar-refractivity contribution < 1.29 is 18.4 Å². The van der Waals surface area contributed by atoms with Crippen molar-refractivity contribution in [1.29, 1.82) is 0 Å². The van der Waals surface area contributed by atoms with Crippen molar-refractivity contribution in [2.75, 3.05) is 13.1 Å². The zero-order chi connectivity index (χ0) is 17.0. The van der Waals surface area contributed by atoms with Crippen LogP contribution in [0.1, 0.15) is 43.5 Å². The van der Waals surface area contributed by atoms with E-state index in [1.54, 1.807) is 4.90 Å². The quantitative estimate of drug-likeness (QED) is 0.926. The Morgan fingerprint density at radius 1 is 1.26 bits per heavy atom. The summed E-state index contributed by atoms with van der Waals surface area (Å²) in [4.78, 5) is 26.0. The van der Waals surface area contributed by atoms with E-state index >= 15 is 0 Å². The molecule has 1 heterocycles. The molecule has 1 aliphatic heterocycles. The molecule has 1 fully saturated rings. The number of amides is 2. The first kappa shape index (κ1) is 17.4. The van der Waals surface area contributed by atoms with Crippen molar-refractivity contribution in [1.82, 2.24) is 10.2 Å². The van der Waals surface area contributed by atoms with E-state index in [0.717, 1.165) is 18.6 Å². The molecule has 1 aromatic carbocycles. The van der Waals surface area contributed by atoms with Crippen LogP contribution in [-0.2, 0) is 4.79 Å². The third-order valence-electron chi connectivity index (χ3n) is 4.32.